The molecule has 2 aliphatic heterocycles. The van der Waals surface area contributed by atoms with Gasteiger partial charge in [-0.25, -0.2) is 0 Å². The fraction of sp³-hybridized carbons (Fsp3) is 0.611. The van der Waals surface area contributed by atoms with Gasteiger partial charge < -0.3 is 9.80 Å². The highest BCUT2D eigenvalue weighted by Gasteiger charge is 2.32. The summed E-state index contributed by atoms with van der Waals surface area (Å²) in [6.45, 7) is 4.91. The first-order chi connectivity index (χ1) is 11.8. The summed E-state index contributed by atoms with van der Waals surface area (Å²) in [6, 6.07) is 5.26. The first-order valence-corrected chi connectivity index (χ1v) is 8.74. The van der Waals surface area contributed by atoms with Crippen molar-refractivity contribution < 1.29 is 18.0 Å². The number of rotatable bonds is 2. The van der Waals surface area contributed by atoms with Gasteiger partial charge in [0.2, 0.25) is 0 Å². The average Bonchev–Trinajstić information content (AvgIpc) is 2.61. The lowest BCUT2D eigenvalue weighted by Crippen LogP contribution is -2.54. The van der Waals surface area contributed by atoms with Crippen LogP contribution in [0.2, 0.25) is 0 Å². The quantitative estimate of drug-likeness (QED) is 0.816. The molecule has 25 heavy (non-hydrogen) atoms. The highest BCUT2D eigenvalue weighted by molar-refractivity contribution is 5.94. The van der Waals surface area contributed by atoms with E-state index in [-0.39, 0.29) is 11.5 Å². The van der Waals surface area contributed by atoms with Gasteiger partial charge in [0.1, 0.15) is 0 Å². The highest BCUT2D eigenvalue weighted by Crippen LogP contribution is 2.30. The molecule has 0 bridgehead atoms. The van der Waals surface area contributed by atoms with Gasteiger partial charge in [-0.15, -0.1) is 0 Å². The number of carbonyl (C=O) groups excluding carboxylic acids is 1. The van der Waals surface area contributed by atoms with Crippen LogP contribution < -0.4 is 0 Å². The zero-order valence-corrected chi connectivity index (χ0v) is 14.4. The van der Waals surface area contributed by atoms with Gasteiger partial charge in [-0.3, -0.25) is 9.69 Å². The summed E-state index contributed by atoms with van der Waals surface area (Å²) < 4.78 is 38.5. The number of nitrogens with zero attached hydrogens (tertiary/aromatic N) is 3. The molecular weight excluding hydrogens is 331 g/mol. The van der Waals surface area contributed by atoms with Gasteiger partial charge in [0.05, 0.1) is 5.56 Å². The lowest BCUT2D eigenvalue weighted by Gasteiger charge is -2.42. The van der Waals surface area contributed by atoms with Gasteiger partial charge in [0.25, 0.3) is 5.91 Å². The number of amides is 1. The Balaban J connectivity index is 1.58. The molecule has 138 valence electrons. The minimum Gasteiger partial charge on any atom is -0.336 e. The second-order valence-electron chi connectivity index (χ2n) is 6.94. The molecule has 4 nitrogen and oxygen atoms in total. The first-order valence-electron chi connectivity index (χ1n) is 8.74. The third-order valence-electron chi connectivity index (χ3n) is 5.24. The molecule has 3 rings (SSSR count). The van der Waals surface area contributed by atoms with Crippen molar-refractivity contribution in [1.29, 1.82) is 0 Å². The second-order valence-corrected chi connectivity index (χ2v) is 6.94. The molecule has 1 amide bonds. The van der Waals surface area contributed by atoms with Crippen LogP contribution in [0.25, 0.3) is 0 Å². The number of hydrogen-bond acceptors (Lipinski definition) is 3. The molecule has 0 spiro atoms. The minimum absolute atomic E-state index is 0.113. The first kappa shape index (κ1) is 18.2. The maximum Gasteiger partial charge on any atom is 0.416 e. The van der Waals surface area contributed by atoms with Crippen LogP contribution in [0.15, 0.2) is 24.3 Å². The summed E-state index contributed by atoms with van der Waals surface area (Å²) in [5.41, 5.74) is -0.661. The van der Waals surface area contributed by atoms with Crippen LogP contribution in [0, 0.1) is 0 Å². The van der Waals surface area contributed by atoms with Gasteiger partial charge in [-0.2, -0.15) is 13.2 Å². The van der Waals surface area contributed by atoms with E-state index < -0.39 is 11.7 Å². The lowest BCUT2D eigenvalue weighted by atomic mass is 10.0. The number of halogens is 3. The van der Waals surface area contributed by atoms with E-state index in [4.69, 9.17) is 0 Å². The fourth-order valence-electron chi connectivity index (χ4n) is 3.66. The van der Waals surface area contributed by atoms with E-state index in [1.165, 1.54) is 12.1 Å². The van der Waals surface area contributed by atoms with Crippen molar-refractivity contribution in [1.82, 2.24) is 14.7 Å². The topological polar surface area (TPSA) is 26.8 Å². The van der Waals surface area contributed by atoms with Crippen molar-refractivity contribution >= 4 is 5.91 Å². The SMILES string of the molecule is CN1CCC(N2CCN(C(=O)c3cccc(C(F)(F)F)c3)CC2)CC1. The van der Waals surface area contributed by atoms with E-state index in [0.29, 0.717) is 19.1 Å². The fourth-order valence-corrected chi connectivity index (χ4v) is 3.66. The van der Waals surface area contributed by atoms with Gasteiger partial charge >= 0.3 is 6.18 Å². The molecule has 0 radical (unpaired) electrons. The van der Waals surface area contributed by atoms with E-state index in [0.717, 1.165) is 51.2 Å². The standard InChI is InChI=1S/C18H24F3N3O/c1-22-7-5-16(6-8-22)23-9-11-24(12-10-23)17(25)14-3-2-4-15(13-14)18(19,20)21/h2-4,13,16H,5-12H2,1H3. The van der Waals surface area contributed by atoms with Crippen molar-refractivity contribution in [2.24, 2.45) is 0 Å². The summed E-state index contributed by atoms with van der Waals surface area (Å²) in [7, 11) is 2.13. The van der Waals surface area contributed by atoms with Crippen LogP contribution in [-0.2, 0) is 6.18 Å². The Hall–Kier alpha value is -1.60. The third-order valence-corrected chi connectivity index (χ3v) is 5.24. The normalized spacial score (nSPS) is 21.5. The highest BCUT2D eigenvalue weighted by atomic mass is 19.4. The van der Waals surface area contributed by atoms with Gasteiger partial charge in [-0.1, -0.05) is 6.07 Å². The van der Waals surface area contributed by atoms with Crippen LogP contribution in [0.1, 0.15) is 28.8 Å². The molecule has 0 atom stereocenters. The number of piperazine rings is 1. The number of carbonyl (C=O) groups is 1. The van der Waals surface area contributed by atoms with E-state index in [9.17, 15) is 18.0 Å². The van der Waals surface area contributed by atoms with Gasteiger partial charge in [0.15, 0.2) is 0 Å². The van der Waals surface area contributed by atoms with Crippen molar-refractivity contribution in [2.45, 2.75) is 25.1 Å². The van der Waals surface area contributed by atoms with Gasteiger partial charge in [0, 0.05) is 37.8 Å². The Labute approximate surface area is 146 Å². The number of piperidine rings is 1. The molecule has 1 aromatic carbocycles. The summed E-state index contributed by atoms with van der Waals surface area (Å²) in [5.74, 6) is -0.311. The summed E-state index contributed by atoms with van der Waals surface area (Å²) in [4.78, 5) is 18.9. The number of hydrogen-bond donors (Lipinski definition) is 0. The van der Waals surface area contributed by atoms with Crippen LogP contribution >= 0.6 is 0 Å². The number of benzene rings is 1. The molecule has 0 unspecified atom stereocenters. The monoisotopic (exact) mass is 355 g/mol. The molecule has 2 saturated heterocycles. The van der Waals surface area contributed by atoms with Crippen LogP contribution in [0.3, 0.4) is 0 Å². The van der Waals surface area contributed by atoms with Crippen molar-refractivity contribution in [2.75, 3.05) is 46.3 Å². The minimum atomic E-state index is -4.43. The molecule has 0 aromatic heterocycles. The third kappa shape index (κ3) is 4.33. The Bertz CT molecular complexity index is 604. The van der Waals surface area contributed by atoms with Crippen LogP contribution in [0.5, 0.6) is 0 Å². The Morgan fingerprint density at radius 2 is 1.68 bits per heavy atom. The zero-order chi connectivity index (χ0) is 18.0. The molecule has 7 heteroatoms. The lowest BCUT2D eigenvalue weighted by molar-refractivity contribution is -0.137. The molecule has 2 aliphatic rings. The Morgan fingerprint density at radius 3 is 2.28 bits per heavy atom. The summed E-state index contributed by atoms with van der Waals surface area (Å²) in [6.07, 6.45) is -2.15. The molecule has 0 N–H and O–H groups in total. The molecule has 0 aliphatic carbocycles. The van der Waals surface area contributed by atoms with Crippen molar-refractivity contribution in [3.63, 3.8) is 0 Å². The van der Waals surface area contributed by atoms with Gasteiger partial charge in [-0.05, 0) is 51.2 Å². The largest absolute Gasteiger partial charge is 0.416 e. The molecule has 1 aromatic rings. The summed E-state index contributed by atoms with van der Waals surface area (Å²) >= 11 is 0. The smallest absolute Gasteiger partial charge is 0.336 e. The van der Waals surface area contributed by atoms with Crippen LogP contribution in [0.4, 0.5) is 13.2 Å². The van der Waals surface area contributed by atoms with E-state index in [1.54, 1.807) is 4.90 Å². The summed E-state index contributed by atoms with van der Waals surface area (Å²) in [5, 5.41) is 0. The van der Waals surface area contributed by atoms with E-state index in [2.05, 4.69) is 16.8 Å². The zero-order valence-electron chi connectivity index (χ0n) is 14.4. The van der Waals surface area contributed by atoms with Crippen molar-refractivity contribution in [3.8, 4) is 0 Å². The molecule has 2 fully saturated rings. The predicted octanol–water partition coefficient (Wildman–Crippen LogP) is 2.56. The number of alkyl halides is 3. The van der Waals surface area contributed by atoms with E-state index in [1.807, 2.05) is 0 Å². The molecule has 2 heterocycles. The molecule has 0 saturated carbocycles. The second kappa shape index (κ2) is 7.33. The molecular formula is C18H24F3N3O. The maximum atomic E-state index is 12.8. The Kier molecular flexibility index (Phi) is 5.34. The predicted molar refractivity (Wildman–Crippen MR) is 89.4 cm³/mol. The van der Waals surface area contributed by atoms with Crippen molar-refractivity contribution in [3.05, 3.63) is 35.4 Å². The average molecular weight is 355 g/mol. The van der Waals surface area contributed by atoms with E-state index >= 15 is 0 Å². The maximum absolute atomic E-state index is 12.8. The number of likely N-dealkylation sites (tertiary alicyclic amines) is 1. The Morgan fingerprint density at radius 1 is 1.04 bits per heavy atom. The van der Waals surface area contributed by atoms with Crippen LogP contribution in [-0.4, -0.2) is 73.0 Å².